The Morgan fingerprint density at radius 2 is 2.00 bits per heavy atom. The van der Waals surface area contributed by atoms with Crippen molar-refractivity contribution in [2.45, 2.75) is 19.9 Å². The Labute approximate surface area is 145 Å². The summed E-state index contributed by atoms with van der Waals surface area (Å²) in [6, 6.07) is 10.00. The SMILES string of the molecule is CCOCCCn1c(=S)[nH]c2c(-c3ccccc3)cn(C)c2c1=O. The van der Waals surface area contributed by atoms with Gasteiger partial charge < -0.3 is 14.3 Å². The summed E-state index contributed by atoms with van der Waals surface area (Å²) in [5, 5.41) is 0. The lowest BCUT2D eigenvalue weighted by molar-refractivity contribution is 0.141. The number of nitrogens with one attached hydrogen (secondary N) is 1. The Morgan fingerprint density at radius 3 is 2.71 bits per heavy atom. The van der Waals surface area contributed by atoms with Gasteiger partial charge in [-0.1, -0.05) is 30.3 Å². The molecule has 3 aromatic rings. The van der Waals surface area contributed by atoms with Crippen molar-refractivity contribution in [2.24, 2.45) is 7.05 Å². The molecule has 0 spiro atoms. The molecule has 24 heavy (non-hydrogen) atoms. The summed E-state index contributed by atoms with van der Waals surface area (Å²) in [5.41, 5.74) is 3.41. The fourth-order valence-electron chi connectivity index (χ4n) is 2.91. The Hall–Kier alpha value is -2.18. The third kappa shape index (κ3) is 3.07. The van der Waals surface area contributed by atoms with E-state index in [9.17, 15) is 4.79 Å². The average molecular weight is 343 g/mol. The van der Waals surface area contributed by atoms with Gasteiger partial charge in [0.05, 0.1) is 5.52 Å². The summed E-state index contributed by atoms with van der Waals surface area (Å²) in [4.78, 5) is 16.1. The Balaban J connectivity index is 2.09. The summed E-state index contributed by atoms with van der Waals surface area (Å²) in [7, 11) is 1.89. The molecule has 0 fully saturated rings. The number of nitrogens with zero attached hydrogens (tertiary/aromatic N) is 2. The number of H-pyrrole nitrogens is 1. The van der Waals surface area contributed by atoms with Crippen LogP contribution in [0.15, 0.2) is 41.3 Å². The smallest absolute Gasteiger partial charge is 0.278 e. The second kappa shape index (κ2) is 7.15. The number of ether oxygens (including phenoxy) is 1. The third-order valence-corrected chi connectivity index (χ3v) is 4.39. The van der Waals surface area contributed by atoms with E-state index in [4.69, 9.17) is 17.0 Å². The number of aryl methyl sites for hydroxylation is 1. The fourth-order valence-corrected chi connectivity index (χ4v) is 3.19. The molecule has 0 bridgehead atoms. The Kier molecular flexibility index (Phi) is 4.97. The number of hydrogen-bond acceptors (Lipinski definition) is 3. The van der Waals surface area contributed by atoms with Crippen molar-refractivity contribution in [1.29, 1.82) is 0 Å². The van der Waals surface area contributed by atoms with Gasteiger partial charge in [-0.15, -0.1) is 0 Å². The minimum atomic E-state index is -0.0603. The number of hydrogen-bond donors (Lipinski definition) is 1. The van der Waals surface area contributed by atoms with Crippen LogP contribution in [-0.2, 0) is 18.3 Å². The third-order valence-electron chi connectivity index (χ3n) is 4.07. The van der Waals surface area contributed by atoms with Gasteiger partial charge in [0.2, 0.25) is 0 Å². The first kappa shape index (κ1) is 16.7. The molecular formula is C18H21N3O2S. The molecule has 0 aliphatic carbocycles. The van der Waals surface area contributed by atoms with Gasteiger partial charge in [-0.05, 0) is 31.1 Å². The molecule has 1 aromatic carbocycles. The molecule has 5 nitrogen and oxygen atoms in total. The Bertz CT molecular complexity index is 954. The van der Waals surface area contributed by atoms with Crippen molar-refractivity contribution < 1.29 is 4.74 Å². The van der Waals surface area contributed by atoms with Crippen LogP contribution in [0.25, 0.3) is 22.2 Å². The van der Waals surface area contributed by atoms with Gasteiger partial charge in [0, 0.05) is 38.6 Å². The van der Waals surface area contributed by atoms with Crippen LogP contribution in [0.3, 0.4) is 0 Å². The van der Waals surface area contributed by atoms with Gasteiger partial charge >= 0.3 is 0 Å². The molecule has 0 aliphatic rings. The van der Waals surface area contributed by atoms with E-state index in [1.54, 1.807) is 4.57 Å². The first-order valence-corrected chi connectivity index (χ1v) is 8.49. The van der Waals surface area contributed by atoms with Gasteiger partial charge in [0.15, 0.2) is 4.77 Å². The zero-order valence-electron chi connectivity index (χ0n) is 13.9. The summed E-state index contributed by atoms with van der Waals surface area (Å²) >= 11 is 5.42. The second-order valence-corrected chi connectivity index (χ2v) is 6.07. The molecule has 0 unspecified atom stereocenters. The van der Waals surface area contributed by atoms with E-state index >= 15 is 0 Å². The van der Waals surface area contributed by atoms with Crippen LogP contribution >= 0.6 is 12.2 Å². The minimum Gasteiger partial charge on any atom is -0.382 e. The van der Waals surface area contributed by atoms with Crippen LogP contribution in [0.1, 0.15) is 13.3 Å². The first-order chi connectivity index (χ1) is 11.6. The van der Waals surface area contributed by atoms with Crippen molar-refractivity contribution >= 4 is 23.3 Å². The van der Waals surface area contributed by atoms with Crippen LogP contribution in [0.5, 0.6) is 0 Å². The predicted molar refractivity (Wildman–Crippen MR) is 98.9 cm³/mol. The monoisotopic (exact) mass is 343 g/mol. The van der Waals surface area contributed by atoms with Gasteiger partial charge in [-0.2, -0.15) is 0 Å². The maximum atomic E-state index is 12.9. The molecule has 1 N–H and O–H groups in total. The maximum absolute atomic E-state index is 12.9. The highest BCUT2D eigenvalue weighted by Crippen LogP contribution is 2.26. The van der Waals surface area contributed by atoms with Gasteiger partial charge in [0.1, 0.15) is 5.52 Å². The normalized spacial score (nSPS) is 11.2. The minimum absolute atomic E-state index is 0.0603. The molecule has 0 aliphatic heterocycles. The fraction of sp³-hybridized carbons (Fsp3) is 0.333. The topological polar surface area (TPSA) is 51.9 Å². The number of benzene rings is 1. The van der Waals surface area contributed by atoms with Gasteiger partial charge in [-0.3, -0.25) is 9.36 Å². The molecule has 0 saturated carbocycles. The van der Waals surface area contributed by atoms with E-state index in [1.807, 2.05) is 55.1 Å². The van der Waals surface area contributed by atoms with Gasteiger partial charge in [-0.25, -0.2) is 0 Å². The average Bonchev–Trinajstić information content (AvgIpc) is 2.91. The molecule has 0 saturated heterocycles. The predicted octanol–water partition coefficient (Wildman–Crippen LogP) is 3.49. The van der Waals surface area contributed by atoms with Crippen molar-refractivity contribution in [1.82, 2.24) is 14.1 Å². The van der Waals surface area contributed by atoms with E-state index in [1.165, 1.54) is 0 Å². The van der Waals surface area contributed by atoms with E-state index < -0.39 is 0 Å². The number of fused-ring (bicyclic) bond motifs is 1. The van der Waals surface area contributed by atoms with Crippen LogP contribution in [0.2, 0.25) is 0 Å². The van der Waals surface area contributed by atoms with E-state index in [2.05, 4.69) is 4.98 Å². The molecule has 0 amide bonds. The quantitative estimate of drug-likeness (QED) is 0.551. The summed E-state index contributed by atoms with van der Waals surface area (Å²) in [6.07, 6.45) is 2.73. The molecule has 2 aromatic heterocycles. The Morgan fingerprint density at radius 1 is 1.25 bits per heavy atom. The lowest BCUT2D eigenvalue weighted by Gasteiger charge is -2.08. The van der Waals surface area contributed by atoms with Crippen LogP contribution in [-0.4, -0.2) is 27.3 Å². The lowest BCUT2D eigenvalue weighted by atomic mass is 10.1. The zero-order valence-corrected chi connectivity index (χ0v) is 14.7. The molecule has 6 heteroatoms. The lowest BCUT2D eigenvalue weighted by Crippen LogP contribution is -2.24. The summed E-state index contributed by atoms with van der Waals surface area (Å²) in [6.45, 7) is 3.81. The van der Waals surface area contributed by atoms with E-state index in [0.29, 0.717) is 30.0 Å². The highest BCUT2D eigenvalue weighted by molar-refractivity contribution is 7.71. The number of aromatic amines is 1. The number of rotatable bonds is 6. The largest absolute Gasteiger partial charge is 0.382 e. The van der Waals surface area contributed by atoms with E-state index in [-0.39, 0.29) is 5.56 Å². The first-order valence-electron chi connectivity index (χ1n) is 8.08. The van der Waals surface area contributed by atoms with Crippen LogP contribution < -0.4 is 5.56 Å². The van der Waals surface area contributed by atoms with Crippen molar-refractivity contribution in [3.63, 3.8) is 0 Å². The standard InChI is InChI=1S/C18H21N3O2S/c1-3-23-11-7-10-21-17(22)16-15(19-18(21)24)14(12-20(16)2)13-8-5-4-6-9-13/h4-6,8-9,12H,3,7,10-11H2,1-2H3,(H,19,24). The summed E-state index contributed by atoms with van der Waals surface area (Å²) in [5.74, 6) is 0. The van der Waals surface area contributed by atoms with Crippen molar-refractivity contribution in [3.05, 3.63) is 51.7 Å². The van der Waals surface area contributed by atoms with E-state index in [0.717, 1.165) is 23.1 Å². The molecule has 2 heterocycles. The highest BCUT2D eigenvalue weighted by atomic mass is 32.1. The van der Waals surface area contributed by atoms with Crippen LogP contribution in [0, 0.1) is 4.77 Å². The van der Waals surface area contributed by atoms with Crippen molar-refractivity contribution in [2.75, 3.05) is 13.2 Å². The number of aromatic nitrogens is 3. The maximum Gasteiger partial charge on any atom is 0.278 e. The zero-order chi connectivity index (χ0) is 17.1. The molecular weight excluding hydrogens is 322 g/mol. The van der Waals surface area contributed by atoms with Crippen LogP contribution in [0.4, 0.5) is 0 Å². The van der Waals surface area contributed by atoms with Gasteiger partial charge in [0.25, 0.3) is 5.56 Å². The molecule has 126 valence electrons. The second-order valence-electron chi connectivity index (χ2n) is 5.68. The molecule has 0 atom stereocenters. The van der Waals surface area contributed by atoms with Crippen molar-refractivity contribution in [3.8, 4) is 11.1 Å². The molecule has 0 radical (unpaired) electrons. The summed E-state index contributed by atoms with van der Waals surface area (Å²) < 4.78 is 9.28. The highest BCUT2D eigenvalue weighted by Gasteiger charge is 2.14. The molecule has 3 rings (SSSR count).